The first kappa shape index (κ1) is 15.3. The Kier molecular flexibility index (Phi) is 3.89. The number of hydrogen-bond donors (Lipinski definition) is 0. The molecule has 1 aliphatic heterocycles. The summed E-state index contributed by atoms with van der Waals surface area (Å²) < 4.78 is 5.39. The molecule has 7 heteroatoms. The van der Waals surface area contributed by atoms with E-state index in [1.807, 2.05) is 61.5 Å². The molecule has 0 aliphatic carbocycles. The topological polar surface area (TPSA) is 76.6 Å². The van der Waals surface area contributed by atoms with E-state index < -0.39 is 0 Å². The molecule has 0 fully saturated rings. The average Bonchev–Trinajstić information content (AvgIpc) is 3.32. The highest BCUT2D eigenvalue weighted by molar-refractivity contribution is 6.01. The van der Waals surface area contributed by atoms with Crippen molar-refractivity contribution in [3.63, 3.8) is 0 Å². The number of nitrogens with zero attached hydrogens (tertiary/aromatic N) is 5. The molecular formula is C18H17N5O2. The second-order valence-electron chi connectivity index (χ2n) is 5.96. The molecule has 0 spiro atoms. The fourth-order valence-electron chi connectivity index (χ4n) is 2.60. The van der Waals surface area contributed by atoms with Gasteiger partial charge in [0, 0.05) is 32.3 Å². The Labute approximate surface area is 144 Å². The van der Waals surface area contributed by atoms with Crippen LogP contribution in [0.5, 0.6) is 0 Å². The Bertz CT molecular complexity index is 905. The van der Waals surface area contributed by atoms with Gasteiger partial charge in [0.2, 0.25) is 11.9 Å². The predicted molar refractivity (Wildman–Crippen MR) is 93.3 cm³/mol. The number of oxime groups is 1. The number of anilines is 1. The van der Waals surface area contributed by atoms with E-state index in [0.29, 0.717) is 18.1 Å². The maximum absolute atomic E-state index is 5.49. The van der Waals surface area contributed by atoms with Crippen LogP contribution in [0.1, 0.15) is 24.0 Å². The monoisotopic (exact) mass is 335 g/mol. The van der Waals surface area contributed by atoms with Crippen LogP contribution >= 0.6 is 0 Å². The van der Waals surface area contributed by atoms with Crippen LogP contribution in [0.25, 0.3) is 11.4 Å². The number of rotatable bonds is 4. The van der Waals surface area contributed by atoms with Gasteiger partial charge in [0.1, 0.15) is 5.82 Å². The van der Waals surface area contributed by atoms with Crippen LogP contribution in [-0.2, 0) is 4.84 Å². The molecule has 0 bridgehead atoms. The van der Waals surface area contributed by atoms with Gasteiger partial charge in [-0.3, -0.25) is 0 Å². The fraction of sp³-hybridized carbons (Fsp3) is 0.222. The molecule has 1 aliphatic rings. The molecular weight excluding hydrogens is 318 g/mol. The zero-order valence-electron chi connectivity index (χ0n) is 14.0. The molecule has 0 unspecified atom stereocenters. The summed E-state index contributed by atoms with van der Waals surface area (Å²) in [5.41, 5.74) is 2.76. The summed E-state index contributed by atoms with van der Waals surface area (Å²) in [5.74, 6) is 1.76. The van der Waals surface area contributed by atoms with Crippen LogP contribution in [0.3, 0.4) is 0 Å². The number of benzene rings is 1. The molecule has 1 aromatic carbocycles. The molecule has 0 saturated heterocycles. The Balaban J connectivity index is 1.52. The lowest BCUT2D eigenvalue weighted by molar-refractivity contribution is 0.0599. The van der Waals surface area contributed by atoms with Crippen molar-refractivity contribution in [2.75, 3.05) is 19.0 Å². The lowest BCUT2D eigenvalue weighted by Gasteiger charge is -2.10. The van der Waals surface area contributed by atoms with Crippen LogP contribution in [0.2, 0.25) is 0 Å². The van der Waals surface area contributed by atoms with Crippen LogP contribution in [0.15, 0.2) is 58.3 Å². The van der Waals surface area contributed by atoms with Crippen molar-refractivity contribution in [1.29, 1.82) is 0 Å². The van der Waals surface area contributed by atoms with Gasteiger partial charge in [-0.1, -0.05) is 40.6 Å². The highest BCUT2D eigenvalue weighted by Gasteiger charge is 2.29. The smallest absolute Gasteiger partial charge is 0.271 e. The largest absolute Gasteiger partial charge is 0.382 e. The summed E-state index contributed by atoms with van der Waals surface area (Å²) in [5, 5.41) is 8.22. The molecule has 2 aromatic heterocycles. The summed E-state index contributed by atoms with van der Waals surface area (Å²) in [4.78, 5) is 16.2. The van der Waals surface area contributed by atoms with E-state index in [1.165, 1.54) is 0 Å². The second kappa shape index (κ2) is 6.35. The maximum atomic E-state index is 5.49. The first-order chi connectivity index (χ1) is 12.2. The number of hydrogen-bond acceptors (Lipinski definition) is 7. The Hall–Kier alpha value is -3.22. The zero-order valence-corrected chi connectivity index (χ0v) is 14.0. The van der Waals surface area contributed by atoms with Crippen LogP contribution in [0, 0.1) is 0 Å². The van der Waals surface area contributed by atoms with Gasteiger partial charge < -0.3 is 14.3 Å². The molecule has 126 valence electrons. The predicted octanol–water partition coefficient (Wildman–Crippen LogP) is 3.06. The quantitative estimate of drug-likeness (QED) is 0.729. The highest BCUT2D eigenvalue weighted by Crippen LogP contribution is 2.30. The van der Waals surface area contributed by atoms with Crippen LogP contribution < -0.4 is 4.90 Å². The minimum atomic E-state index is -0.355. The summed E-state index contributed by atoms with van der Waals surface area (Å²) >= 11 is 0. The Morgan fingerprint density at radius 1 is 1.08 bits per heavy atom. The van der Waals surface area contributed by atoms with E-state index in [9.17, 15) is 0 Å². The van der Waals surface area contributed by atoms with Gasteiger partial charge in [0.05, 0.1) is 5.71 Å². The van der Waals surface area contributed by atoms with E-state index >= 15 is 0 Å². The van der Waals surface area contributed by atoms with Gasteiger partial charge in [-0.15, -0.1) is 0 Å². The lowest BCUT2D eigenvalue weighted by atomic mass is 10.1. The van der Waals surface area contributed by atoms with E-state index in [1.54, 1.807) is 6.20 Å². The highest BCUT2D eigenvalue weighted by atomic mass is 16.7. The van der Waals surface area contributed by atoms with Gasteiger partial charge in [0.25, 0.3) is 5.89 Å². The maximum Gasteiger partial charge on any atom is 0.271 e. The number of pyridine rings is 1. The first-order valence-electron chi connectivity index (χ1n) is 7.96. The van der Waals surface area contributed by atoms with E-state index in [4.69, 9.17) is 9.36 Å². The molecule has 1 atom stereocenters. The molecule has 0 N–H and O–H groups in total. The molecule has 0 saturated carbocycles. The third-order valence-electron chi connectivity index (χ3n) is 3.95. The third kappa shape index (κ3) is 3.08. The molecule has 3 heterocycles. The summed E-state index contributed by atoms with van der Waals surface area (Å²) in [7, 11) is 3.87. The Morgan fingerprint density at radius 2 is 1.92 bits per heavy atom. The molecule has 0 radical (unpaired) electrons. The molecule has 4 rings (SSSR count). The van der Waals surface area contributed by atoms with Gasteiger partial charge >= 0.3 is 0 Å². The molecule has 25 heavy (non-hydrogen) atoms. The standard InChI is InChI=1S/C18H17N5O2/c1-23(2)16-10-13(8-9-19-16)17-20-18(25-22-17)15-11-14(21-24-15)12-6-4-3-5-7-12/h3-10,15H,11H2,1-2H3/t15-/m0/s1. The molecule has 7 nitrogen and oxygen atoms in total. The van der Waals surface area contributed by atoms with E-state index in [0.717, 1.165) is 22.7 Å². The minimum Gasteiger partial charge on any atom is -0.382 e. The van der Waals surface area contributed by atoms with Crippen molar-refractivity contribution in [2.24, 2.45) is 5.16 Å². The lowest BCUT2D eigenvalue weighted by Crippen LogP contribution is -2.10. The zero-order chi connectivity index (χ0) is 17.2. The molecule has 3 aromatic rings. The SMILES string of the molecule is CN(C)c1cc(-c2noc([C@@H]3CC(c4ccccc4)=NO3)n2)ccn1. The van der Waals surface area contributed by atoms with Crippen molar-refractivity contribution in [2.45, 2.75) is 12.5 Å². The normalized spacial score (nSPS) is 16.4. The van der Waals surface area contributed by atoms with Crippen molar-refractivity contribution in [3.8, 4) is 11.4 Å². The molecule has 0 amide bonds. The van der Waals surface area contributed by atoms with Gasteiger partial charge in [-0.05, 0) is 17.7 Å². The summed E-state index contributed by atoms with van der Waals surface area (Å²) in [6.07, 6.45) is 1.97. The fourth-order valence-corrected chi connectivity index (χ4v) is 2.60. The van der Waals surface area contributed by atoms with Crippen molar-refractivity contribution in [3.05, 3.63) is 60.1 Å². The first-order valence-corrected chi connectivity index (χ1v) is 7.96. The van der Waals surface area contributed by atoms with Gasteiger partial charge in [-0.25, -0.2) is 4.98 Å². The van der Waals surface area contributed by atoms with Crippen molar-refractivity contribution in [1.82, 2.24) is 15.1 Å². The number of aromatic nitrogens is 3. The summed E-state index contributed by atoms with van der Waals surface area (Å²) in [6, 6.07) is 13.7. The Morgan fingerprint density at radius 3 is 2.72 bits per heavy atom. The minimum absolute atomic E-state index is 0.355. The van der Waals surface area contributed by atoms with Gasteiger partial charge in [-0.2, -0.15) is 4.98 Å². The van der Waals surface area contributed by atoms with E-state index in [2.05, 4.69) is 20.3 Å². The van der Waals surface area contributed by atoms with Crippen LogP contribution in [-0.4, -0.2) is 34.9 Å². The third-order valence-corrected chi connectivity index (χ3v) is 3.95. The van der Waals surface area contributed by atoms with Gasteiger partial charge in [0.15, 0.2) is 0 Å². The van der Waals surface area contributed by atoms with E-state index in [-0.39, 0.29) is 6.10 Å². The second-order valence-corrected chi connectivity index (χ2v) is 5.96. The average molecular weight is 335 g/mol. The summed E-state index contributed by atoms with van der Waals surface area (Å²) in [6.45, 7) is 0. The van der Waals surface area contributed by atoms with Crippen LogP contribution in [0.4, 0.5) is 5.82 Å². The van der Waals surface area contributed by atoms with Crippen molar-refractivity contribution < 1.29 is 9.36 Å². The van der Waals surface area contributed by atoms with Crippen molar-refractivity contribution >= 4 is 11.5 Å².